The van der Waals surface area contributed by atoms with Crippen LogP contribution in [0.2, 0.25) is 0 Å². The molecule has 3 heterocycles. The number of methoxy groups -OCH3 is 2. The highest BCUT2D eigenvalue weighted by Crippen LogP contribution is 2.31. The minimum Gasteiger partial charge on any atom is -0.467 e. The quantitative estimate of drug-likeness (QED) is 0.207. The van der Waals surface area contributed by atoms with Crippen LogP contribution in [0, 0.1) is 0 Å². The minimum atomic E-state index is -0.0346. The highest BCUT2D eigenvalue weighted by atomic mass is 35.5. The summed E-state index contributed by atoms with van der Waals surface area (Å²) in [6.07, 6.45) is 0. The molecule has 0 N–H and O–H groups in total. The Morgan fingerprint density at radius 1 is 0.526 bits per heavy atom. The van der Waals surface area contributed by atoms with Gasteiger partial charge in [0.05, 0.1) is 24.9 Å². The normalized spacial score (nSPS) is 10.9. The summed E-state index contributed by atoms with van der Waals surface area (Å²) in [4.78, 5) is 24.7. The molecule has 200 valence electrons. The average Bonchev–Trinajstić information content (AvgIpc) is 2.89. The number of ether oxygens (including phenoxy) is 6. The predicted molar refractivity (Wildman–Crippen MR) is 139 cm³/mol. The Bertz CT molecular complexity index is 1160. The maximum Gasteiger partial charge on any atom is 0.331 e. The highest BCUT2D eigenvalue weighted by Gasteiger charge is 2.15. The summed E-state index contributed by atoms with van der Waals surface area (Å²) in [5.74, 6) is 1.53. The lowest BCUT2D eigenvalue weighted by Crippen LogP contribution is -2.03. The lowest BCUT2D eigenvalue weighted by molar-refractivity contribution is 0.330. The fourth-order valence-corrected chi connectivity index (χ4v) is 2.63. The molecule has 0 aliphatic carbocycles. The van der Waals surface area contributed by atoms with Crippen LogP contribution in [0.5, 0.6) is 59.1 Å². The van der Waals surface area contributed by atoms with Crippen LogP contribution in [0.3, 0.4) is 0 Å². The van der Waals surface area contributed by atoms with E-state index in [9.17, 15) is 0 Å². The maximum absolute atomic E-state index is 5.75. The van der Waals surface area contributed by atoms with Crippen LogP contribution in [0.25, 0.3) is 0 Å². The summed E-state index contributed by atoms with van der Waals surface area (Å²) in [7, 11) is 2.85. The lowest BCUT2D eigenvalue weighted by Gasteiger charge is -2.12. The third-order valence-electron chi connectivity index (χ3n) is 3.96. The van der Waals surface area contributed by atoms with E-state index in [0.717, 1.165) is 0 Å². The van der Waals surface area contributed by atoms with E-state index in [-0.39, 0.29) is 46.7 Å². The largest absolute Gasteiger partial charge is 0.467 e. The van der Waals surface area contributed by atoms with Crippen LogP contribution < -0.4 is 28.4 Å². The molecule has 0 radical (unpaired) electrons. The Morgan fingerprint density at radius 3 is 1.03 bits per heavy atom. The number of hydrogen-bond donors (Lipinski definition) is 0. The molecule has 0 saturated carbocycles. The molecular weight excluding hydrogens is 586 g/mol. The van der Waals surface area contributed by atoms with Gasteiger partial charge in [-0.1, -0.05) is 12.1 Å². The zero-order chi connectivity index (χ0) is 27.3. The SMILES string of the molecule is COc1nc2nc(n1)Oc1cccc(c1)Oc1nc(OC)nc(n1)Oc1cccc(c1)O2.ClCCl.ClCCl. The van der Waals surface area contributed by atoms with Crippen molar-refractivity contribution in [2.45, 2.75) is 0 Å². The van der Waals surface area contributed by atoms with Crippen LogP contribution in [0.15, 0.2) is 48.5 Å². The van der Waals surface area contributed by atoms with Gasteiger partial charge >= 0.3 is 36.1 Å². The Balaban J connectivity index is 0.000000611. The number of hydrogen-bond acceptors (Lipinski definition) is 12. The van der Waals surface area contributed by atoms with Gasteiger partial charge < -0.3 is 28.4 Å². The Labute approximate surface area is 236 Å². The molecule has 0 amide bonds. The van der Waals surface area contributed by atoms with Crippen molar-refractivity contribution in [1.82, 2.24) is 29.9 Å². The van der Waals surface area contributed by atoms with Crippen molar-refractivity contribution in [3.05, 3.63) is 48.5 Å². The van der Waals surface area contributed by atoms with Crippen molar-refractivity contribution in [2.75, 3.05) is 24.9 Å². The first-order valence-electron chi connectivity index (χ1n) is 10.3. The van der Waals surface area contributed by atoms with Gasteiger partial charge in [0.1, 0.15) is 23.0 Å². The molecule has 0 fully saturated rings. The van der Waals surface area contributed by atoms with Crippen molar-refractivity contribution in [3.8, 4) is 59.1 Å². The number of alkyl halides is 4. The molecule has 16 heteroatoms. The molecule has 5 rings (SSSR count). The van der Waals surface area contributed by atoms with E-state index < -0.39 is 0 Å². The molecule has 0 atom stereocenters. The molecule has 0 unspecified atom stereocenters. The van der Waals surface area contributed by atoms with Crippen LogP contribution >= 0.6 is 46.4 Å². The molecule has 2 aromatic heterocycles. The third kappa shape index (κ3) is 8.77. The fraction of sp³-hybridized carbons (Fsp3) is 0.182. The highest BCUT2D eigenvalue weighted by molar-refractivity contribution is 6.41. The van der Waals surface area contributed by atoms with Gasteiger partial charge in [0.25, 0.3) is 0 Å². The molecule has 0 spiro atoms. The van der Waals surface area contributed by atoms with Gasteiger partial charge in [-0.05, 0) is 24.3 Å². The summed E-state index contributed by atoms with van der Waals surface area (Å²) >= 11 is 19.1. The van der Waals surface area contributed by atoms with Crippen LogP contribution in [0.4, 0.5) is 0 Å². The Kier molecular flexibility index (Phi) is 11.4. The number of fused-ring (bicyclic) bond motifs is 8. The smallest absolute Gasteiger partial charge is 0.331 e. The molecule has 1 aliphatic heterocycles. The number of halogens is 4. The zero-order valence-corrected chi connectivity index (χ0v) is 22.7. The molecule has 8 bridgehead atoms. The number of benzene rings is 2. The van der Waals surface area contributed by atoms with E-state index in [2.05, 4.69) is 29.9 Å². The van der Waals surface area contributed by atoms with Crippen molar-refractivity contribution in [3.63, 3.8) is 0 Å². The summed E-state index contributed by atoms with van der Waals surface area (Å²) < 4.78 is 33.3. The first-order chi connectivity index (χ1) is 18.5. The van der Waals surface area contributed by atoms with Gasteiger partial charge in [-0.15, -0.1) is 76.3 Å². The van der Waals surface area contributed by atoms with Crippen molar-refractivity contribution < 1.29 is 28.4 Å². The molecule has 2 aromatic carbocycles. The first kappa shape index (κ1) is 29.0. The van der Waals surface area contributed by atoms with E-state index in [1.807, 2.05) is 0 Å². The molecule has 12 nitrogen and oxygen atoms in total. The second-order valence-corrected chi connectivity index (χ2v) is 7.95. The Morgan fingerprint density at radius 2 is 0.789 bits per heavy atom. The molecule has 0 saturated heterocycles. The second kappa shape index (κ2) is 15.0. The topological polar surface area (TPSA) is 133 Å². The number of nitrogens with zero attached hydrogens (tertiary/aromatic N) is 6. The Hall–Kier alpha value is -3.58. The second-order valence-electron chi connectivity index (χ2n) is 6.33. The average molecular weight is 604 g/mol. The van der Waals surface area contributed by atoms with E-state index in [0.29, 0.717) is 23.0 Å². The van der Waals surface area contributed by atoms with Gasteiger partial charge in [-0.3, -0.25) is 0 Å². The van der Waals surface area contributed by atoms with Crippen LogP contribution in [-0.4, -0.2) is 54.8 Å². The van der Waals surface area contributed by atoms with Gasteiger partial charge in [0.2, 0.25) is 0 Å². The summed E-state index contributed by atoms with van der Waals surface area (Å²) in [5.41, 5.74) is 0. The molecule has 1 aliphatic rings. The van der Waals surface area contributed by atoms with Crippen molar-refractivity contribution >= 4 is 46.4 Å². The van der Waals surface area contributed by atoms with Crippen molar-refractivity contribution in [1.29, 1.82) is 0 Å². The van der Waals surface area contributed by atoms with Gasteiger partial charge in [0.15, 0.2) is 0 Å². The van der Waals surface area contributed by atoms with E-state index in [4.69, 9.17) is 74.8 Å². The third-order valence-corrected chi connectivity index (χ3v) is 3.96. The van der Waals surface area contributed by atoms with Crippen LogP contribution in [-0.2, 0) is 0 Å². The molecular formula is C22H18Cl4N6O6. The monoisotopic (exact) mass is 602 g/mol. The standard InChI is InChI=1S/C20H14N6O6.2CH2Cl2/c1-27-15-21-17-25-18(22-15)30-12-6-4-8-14(10-12)32-20-24-16(28-2)23-19(26-20)31-13-7-3-5-11(9-13)29-17;2*2-1-3/h3-10H,1-2H3;2*1H2. The van der Waals surface area contributed by atoms with Gasteiger partial charge in [-0.2, -0.15) is 0 Å². The van der Waals surface area contributed by atoms with E-state index in [1.54, 1.807) is 48.5 Å². The summed E-state index contributed by atoms with van der Waals surface area (Å²) in [6.45, 7) is 0. The van der Waals surface area contributed by atoms with Gasteiger partial charge in [-0.25, -0.2) is 0 Å². The van der Waals surface area contributed by atoms with Crippen molar-refractivity contribution in [2.24, 2.45) is 0 Å². The first-order valence-corrected chi connectivity index (χ1v) is 12.4. The lowest BCUT2D eigenvalue weighted by atomic mass is 10.3. The van der Waals surface area contributed by atoms with Gasteiger partial charge in [0, 0.05) is 12.1 Å². The zero-order valence-electron chi connectivity index (χ0n) is 19.7. The number of rotatable bonds is 2. The predicted octanol–water partition coefficient (Wildman–Crippen LogP) is 6.40. The maximum atomic E-state index is 5.75. The summed E-state index contributed by atoms with van der Waals surface area (Å²) in [5, 5.41) is 0.389. The molecule has 38 heavy (non-hydrogen) atoms. The van der Waals surface area contributed by atoms with E-state index >= 15 is 0 Å². The van der Waals surface area contributed by atoms with E-state index in [1.165, 1.54) is 14.2 Å². The minimum absolute atomic E-state index is 0.0191. The van der Waals surface area contributed by atoms with Crippen LogP contribution in [0.1, 0.15) is 0 Å². The summed E-state index contributed by atoms with van der Waals surface area (Å²) in [6, 6.07) is 13.3. The molecule has 4 aromatic rings. The number of aromatic nitrogens is 6. The fourth-order valence-electron chi connectivity index (χ4n) is 2.63.